The van der Waals surface area contributed by atoms with Crippen LogP contribution in [0.2, 0.25) is 0 Å². The lowest BCUT2D eigenvalue weighted by Crippen LogP contribution is -2.31. The van der Waals surface area contributed by atoms with E-state index >= 15 is 0 Å². The number of likely N-dealkylation sites (tertiary alicyclic amines) is 1. The van der Waals surface area contributed by atoms with Gasteiger partial charge in [-0.3, -0.25) is 4.79 Å². The number of thiophene rings is 1. The van der Waals surface area contributed by atoms with E-state index < -0.39 is 0 Å². The number of nitrogens with zero attached hydrogens (tertiary/aromatic N) is 1. The number of carbonyl (C=O) groups excluding carboxylic acids is 1. The molecule has 0 saturated carbocycles. The van der Waals surface area contributed by atoms with Gasteiger partial charge in [-0.05, 0) is 59.0 Å². The highest BCUT2D eigenvalue weighted by atomic mass is 32.1. The standard InChI is InChI=1S/C19H24N2O2S/c1-23-9-8-21-7-5-15(13-21)12-20-19(22)17-4-2-3-16(11-17)18-6-10-24-14-18/h2-4,6,10-11,14-15H,5,7-9,12-13H2,1H3,(H,20,22)/t15-/m1/s1. The third-order valence-electron chi connectivity index (χ3n) is 4.51. The number of hydrogen-bond acceptors (Lipinski definition) is 4. The fourth-order valence-corrected chi connectivity index (χ4v) is 3.78. The van der Waals surface area contributed by atoms with Crippen LogP contribution in [0.1, 0.15) is 16.8 Å². The molecule has 1 N–H and O–H groups in total. The predicted octanol–water partition coefficient (Wildman–Crippen LogP) is 3.11. The molecule has 0 unspecified atom stereocenters. The lowest BCUT2D eigenvalue weighted by molar-refractivity contribution is 0.0946. The number of methoxy groups -OCH3 is 1. The summed E-state index contributed by atoms with van der Waals surface area (Å²) in [5.41, 5.74) is 2.99. The number of carbonyl (C=O) groups is 1. The van der Waals surface area contributed by atoms with E-state index in [-0.39, 0.29) is 5.91 Å². The molecular weight excluding hydrogens is 320 g/mol. The highest BCUT2D eigenvalue weighted by Crippen LogP contribution is 2.23. The van der Waals surface area contributed by atoms with Crippen molar-refractivity contribution in [3.8, 4) is 11.1 Å². The molecule has 1 aliphatic rings. The van der Waals surface area contributed by atoms with Gasteiger partial charge in [-0.15, -0.1) is 0 Å². The average molecular weight is 344 g/mol. The SMILES string of the molecule is COCCN1CC[C@H](CNC(=O)c2cccc(-c3ccsc3)c2)C1. The third-order valence-corrected chi connectivity index (χ3v) is 5.20. The van der Waals surface area contributed by atoms with Crippen LogP contribution in [0.3, 0.4) is 0 Å². The van der Waals surface area contributed by atoms with Crippen LogP contribution in [0.5, 0.6) is 0 Å². The summed E-state index contributed by atoms with van der Waals surface area (Å²) in [4.78, 5) is 14.8. The minimum absolute atomic E-state index is 0.0161. The second-order valence-corrected chi connectivity index (χ2v) is 7.03. The van der Waals surface area contributed by atoms with E-state index in [0.29, 0.717) is 5.92 Å². The first-order valence-electron chi connectivity index (χ1n) is 8.38. The third kappa shape index (κ3) is 4.44. The summed E-state index contributed by atoms with van der Waals surface area (Å²) in [5, 5.41) is 7.25. The van der Waals surface area contributed by atoms with Gasteiger partial charge in [-0.1, -0.05) is 12.1 Å². The molecule has 0 spiro atoms. The van der Waals surface area contributed by atoms with Crippen LogP contribution in [0.4, 0.5) is 0 Å². The Labute approximate surface area is 147 Å². The Hall–Kier alpha value is -1.69. The van der Waals surface area contributed by atoms with Crippen molar-refractivity contribution in [2.24, 2.45) is 5.92 Å². The fourth-order valence-electron chi connectivity index (χ4n) is 3.11. The lowest BCUT2D eigenvalue weighted by Gasteiger charge is -2.15. The molecule has 1 aliphatic heterocycles. The number of hydrogen-bond donors (Lipinski definition) is 1. The van der Waals surface area contributed by atoms with Crippen molar-refractivity contribution in [2.45, 2.75) is 6.42 Å². The van der Waals surface area contributed by atoms with Gasteiger partial charge in [0.2, 0.25) is 0 Å². The summed E-state index contributed by atoms with van der Waals surface area (Å²) in [6, 6.07) is 9.92. The average Bonchev–Trinajstić information content (AvgIpc) is 3.30. The molecule has 0 bridgehead atoms. The monoisotopic (exact) mass is 344 g/mol. The van der Waals surface area contributed by atoms with E-state index in [1.807, 2.05) is 24.3 Å². The number of benzene rings is 1. The summed E-state index contributed by atoms with van der Waals surface area (Å²) in [6.45, 7) is 4.62. The Morgan fingerprint density at radius 3 is 3.08 bits per heavy atom. The number of nitrogens with one attached hydrogen (secondary N) is 1. The van der Waals surface area contributed by atoms with E-state index in [0.717, 1.165) is 50.3 Å². The van der Waals surface area contributed by atoms with Gasteiger partial charge in [0, 0.05) is 32.3 Å². The first kappa shape index (κ1) is 17.1. The molecule has 5 heteroatoms. The summed E-state index contributed by atoms with van der Waals surface area (Å²) < 4.78 is 5.13. The molecule has 0 radical (unpaired) electrons. The van der Waals surface area contributed by atoms with Crippen molar-refractivity contribution in [1.29, 1.82) is 0 Å². The summed E-state index contributed by atoms with van der Waals surface area (Å²) in [6.07, 6.45) is 1.14. The molecule has 0 aliphatic carbocycles. The Kier molecular flexibility index (Phi) is 6.01. The van der Waals surface area contributed by atoms with Crippen molar-refractivity contribution < 1.29 is 9.53 Å². The number of ether oxygens (including phenoxy) is 1. The molecule has 128 valence electrons. The van der Waals surface area contributed by atoms with Gasteiger partial charge < -0.3 is 15.0 Å². The lowest BCUT2D eigenvalue weighted by atomic mass is 10.1. The van der Waals surface area contributed by atoms with Crippen molar-refractivity contribution in [2.75, 3.05) is 39.9 Å². The van der Waals surface area contributed by atoms with Crippen molar-refractivity contribution >= 4 is 17.2 Å². The zero-order chi connectivity index (χ0) is 16.8. The fraction of sp³-hybridized carbons (Fsp3) is 0.421. The van der Waals surface area contributed by atoms with Crippen LogP contribution in [0.25, 0.3) is 11.1 Å². The maximum absolute atomic E-state index is 12.4. The van der Waals surface area contributed by atoms with Crippen LogP contribution in [0, 0.1) is 5.92 Å². The van der Waals surface area contributed by atoms with E-state index in [4.69, 9.17) is 4.74 Å². The Morgan fingerprint density at radius 1 is 1.38 bits per heavy atom. The topological polar surface area (TPSA) is 41.6 Å². The number of amides is 1. The second kappa shape index (κ2) is 8.42. The normalized spacial score (nSPS) is 18.0. The summed E-state index contributed by atoms with van der Waals surface area (Å²) in [7, 11) is 1.73. The van der Waals surface area contributed by atoms with Gasteiger partial charge in [-0.25, -0.2) is 0 Å². The maximum atomic E-state index is 12.4. The molecule has 1 aromatic carbocycles. The van der Waals surface area contributed by atoms with E-state index in [1.54, 1.807) is 18.4 Å². The van der Waals surface area contributed by atoms with Crippen LogP contribution in [0.15, 0.2) is 41.1 Å². The van der Waals surface area contributed by atoms with Crippen LogP contribution in [-0.4, -0.2) is 50.7 Å². The van der Waals surface area contributed by atoms with E-state index in [9.17, 15) is 4.79 Å². The maximum Gasteiger partial charge on any atom is 0.251 e. The second-order valence-electron chi connectivity index (χ2n) is 6.25. The highest BCUT2D eigenvalue weighted by Gasteiger charge is 2.22. The zero-order valence-electron chi connectivity index (χ0n) is 14.0. The molecule has 1 atom stereocenters. The van der Waals surface area contributed by atoms with Crippen molar-refractivity contribution in [1.82, 2.24) is 10.2 Å². The number of rotatable bonds is 7. The minimum Gasteiger partial charge on any atom is -0.383 e. The van der Waals surface area contributed by atoms with Gasteiger partial charge in [0.15, 0.2) is 0 Å². The molecule has 1 amide bonds. The van der Waals surface area contributed by atoms with E-state index in [1.165, 1.54) is 5.56 Å². The largest absolute Gasteiger partial charge is 0.383 e. The molecular formula is C19H24N2O2S. The van der Waals surface area contributed by atoms with E-state index in [2.05, 4.69) is 27.0 Å². The minimum atomic E-state index is 0.0161. The van der Waals surface area contributed by atoms with Crippen LogP contribution in [-0.2, 0) is 4.74 Å². The first-order valence-corrected chi connectivity index (χ1v) is 9.32. The van der Waals surface area contributed by atoms with Crippen molar-refractivity contribution in [3.63, 3.8) is 0 Å². The van der Waals surface area contributed by atoms with Gasteiger partial charge in [0.25, 0.3) is 5.91 Å². The summed E-state index contributed by atoms with van der Waals surface area (Å²) in [5.74, 6) is 0.549. The van der Waals surface area contributed by atoms with Gasteiger partial charge in [0.05, 0.1) is 6.61 Å². The van der Waals surface area contributed by atoms with Gasteiger partial charge in [-0.2, -0.15) is 11.3 Å². The van der Waals surface area contributed by atoms with Crippen LogP contribution < -0.4 is 5.32 Å². The zero-order valence-corrected chi connectivity index (χ0v) is 14.8. The quantitative estimate of drug-likeness (QED) is 0.839. The predicted molar refractivity (Wildman–Crippen MR) is 98.5 cm³/mol. The molecule has 1 fully saturated rings. The molecule has 4 nitrogen and oxygen atoms in total. The Bertz CT molecular complexity index is 657. The molecule has 3 rings (SSSR count). The smallest absolute Gasteiger partial charge is 0.251 e. The van der Waals surface area contributed by atoms with Crippen molar-refractivity contribution in [3.05, 3.63) is 46.7 Å². The molecule has 2 aromatic rings. The van der Waals surface area contributed by atoms with Crippen LogP contribution >= 0.6 is 11.3 Å². The Balaban J connectivity index is 1.52. The Morgan fingerprint density at radius 2 is 2.29 bits per heavy atom. The molecule has 24 heavy (non-hydrogen) atoms. The highest BCUT2D eigenvalue weighted by molar-refractivity contribution is 7.08. The molecule has 1 aromatic heterocycles. The molecule has 1 saturated heterocycles. The van der Waals surface area contributed by atoms with Gasteiger partial charge >= 0.3 is 0 Å². The van der Waals surface area contributed by atoms with Gasteiger partial charge in [0.1, 0.15) is 0 Å². The molecule has 2 heterocycles. The summed E-state index contributed by atoms with van der Waals surface area (Å²) >= 11 is 1.67. The first-order chi connectivity index (χ1) is 11.8.